The van der Waals surface area contributed by atoms with Crippen LogP contribution < -0.4 is 0 Å². The van der Waals surface area contributed by atoms with Crippen LogP contribution in [0.5, 0.6) is 0 Å². The lowest BCUT2D eigenvalue weighted by atomic mass is 9.49. The van der Waals surface area contributed by atoms with Crippen molar-refractivity contribution in [1.82, 2.24) is 0 Å². The molecular weight excluding hydrogens is 300 g/mol. The maximum atomic E-state index is 11.9. The van der Waals surface area contributed by atoms with Crippen molar-refractivity contribution < 1.29 is 14.3 Å². The molecule has 5 fully saturated rings. The van der Waals surface area contributed by atoms with Crippen LogP contribution in [0.1, 0.15) is 77.6 Å². The Bertz CT molecular complexity index is 584. The van der Waals surface area contributed by atoms with Crippen LogP contribution in [0.4, 0.5) is 0 Å². The molecule has 1 heterocycles. The lowest BCUT2D eigenvalue weighted by molar-refractivity contribution is -0.168. The first kappa shape index (κ1) is 15.4. The normalized spacial score (nSPS) is 53.5. The molecule has 1 spiro atoms. The molecule has 0 radical (unpaired) electrons. The van der Waals surface area contributed by atoms with Gasteiger partial charge in [0.2, 0.25) is 0 Å². The van der Waals surface area contributed by atoms with Crippen molar-refractivity contribution in [2.45, 2.75) is 83.2 Å². The Balaban J connectivity index is 1.42. The van der Waals surface area contributed by atoms with Crippen molar-refractivity contribution in [2.24, 2.45) is 35.0 Å². The number of hydrogen-bond donors (Lipinski definition) is 0. The first-order valence-electron chi connectivity index (χ1n) is 10.3. The molecule has 3 nitrogen and oxygen atoms in total. The number of ketones is 1. The molecule has 0 aromatic carbocycles. The zero-order chi connectivity index (χ0) is 16.5. The molecule has 132 valence electrons. The van der Waals surface area contributed by atoms with Gasteiger partial charge in [0.05, 0.1) is 0 Å². The zero-order valence-electron chi connectivity index (χ0n) is 14.9. The van der Waals surface area contributed by atoms with E-state index >= 15 is 0 Å². The maximum Gasteiger partial charge on any atom is 0.306 e. The van der Waals surface area contributed by atoms with Crippen LogP contribution in [0.2, 0.25) is 0 Å². The molecule has 0 bridgehead atoms. The van der Waals surface area contributed by atoms with E-state index in [9.17, 15) is 9.59 Å². The molecule has 5 rings (SSSR count). The van der Waals surface area contributed by atoms with Gasteiger partial charge in [-0.15, -0.1) is 0 Å². The third-order valence-electron chi connectivity index (χ3n) is 9.10. The van der Waals surface area contributed by atoms with Crippen molar-refractivity contribution >= 4 is 11.8 Å². The third-order valence-corrected chi connectivity index (χ3v) is 9.10. The molecule has 4 saturated carbocycles. The van der Waals surface area contributed by atoms with Gasteiger partial charge in [0.1, 0.15) is 11.4 Å². The molecule has 5 aliphatic rings. The standard InChI is InChI=1S/C21H30O3/c1-20-9-6-16-15-5-3-14(22)12-13(15)2-4-17(16)18(20)7-10-21(20)11-8-19(23)24-21/h13,15-18H,2-12H2,1H3/t13-,15+,16+,17-,18+,20-,21+/m0/s1. The highest BCUT2D eigenvalue weighted by Crippen LogP contribution is 2.67. The number of esters is 1. The average Bonchev–Trinajstić information content (AvgIpc) is 3.08. The number of fused-ring (bicyclic) bond motifs is 6. The summed E-state index contributed by atoms with van der Waals surface area (Å²) < 4.78 is 6.00. The van der Waals surface area contributed by atoms with Crippen LogP contribution in [0, 0.1) is 35.0 Å². The molecular formula is C21H30O3. The Hall–Kier alpha value is -0.860. The van der Waals surface area contributed by atoms with Gasteiger partial charge in [-0.05, 0) is 81.0 Å². The number of carbonyl (C=O) groups is 2. The molecule has 24 heavy (non-hydrogen) atoms. The molecule has 7 atom stereocenters. The van der Waals surface area contributed by atoms with E-state index in [1.165, 1.54) is 32.1 Å². The maximum absolute atomic E-state index is 11.9. The minimum Gasteiger partial charge on any atom is -0.458 e. The van der Waals surface area contributed by atoms with E-state index in [1.807, 2.05) is 0 Å². The molecule has 4 aliphatic carbocycles. The van der Waals surface area contributed by atoms with Crippen LogP contribution in [-0.4, -0.2) is 17.4 Å². The van der Waals surface area contributed by atoms with Crippen LogP contribution in [0.15, 0.2) is 0 Å². The summed E-state index contributed by atoms with van der Waals surface area (Å²) in [5.74, 6) is 4.41. The highest BCUT2D eigenvalue weighted by molar-refractivity contribution is 5.79. The summed E-state index contributed by atoms with van der Waals surface area (Å²) in [6, 6.07) is 0. The number of ether oxygens (including phenoxy) is 1. The van der Waals surface area contributed by atoms with Gasteiger partial charge in [-0.3, -0.25) is 9.59 Å². The van der Waals surface area contributed by atoms with E-state index in [4.69, 9.17) is 4.74 Å². The number of carbonyl (C=O) groups excluding carboxylic acids is 2. The second kappa shape index (κ2) is 5.08. The monoisotopic (exact) mass is 330 g/mol. The van der Waals surface area contributed by atoms with E-state index in [0.717, 1.165) is 55.8 Å². The minimum absolute atomic E-state index is 0.0356. The van der Waals surface area contributed by atoms with Gasteiger partial charge in [-0.1, -0.05) is 6.92 Å². The van der Waals surface area contributed by atoms with Crippen molar-refractivity contribution in [1.29, 1.82) is 0 Å². The summed E-state index contributed by atoms with van der Waals surface area (Å²) in [4.78, 5) is 23.7. The van der Waals surface area contributed by atoms with E-state index < -0.39 is 0 Å². The summed E-state index contributed by atoms with van der Waals surface area (Å²) in [6.07, 6.45) is 11.9. The Kier molecular flexibility index (Phi) is 3.26. The second-order valence-corrected chi connectivity index (χ2v) is 9.68. The van der Waals surface area contributed by atoms with Crippen LogP contribution in [0.25, 0.3) is 0 Å². The number of Topliss-reactive ketones (excluding diaryl/α,β-unsaturated/α-hetero) is 1. The Morgan fingerprint density at radius 3 is 2.54 bits per heavy atom. The topological polar surface area (TPSA) is 43.4 Å². The van der Waals surface area contributed by atoms with Gasteiger partial charge in [-0.25, -0.2) is 0 Å². The number of rotatable bonds is 0. The average molecular weight is 330 g/mol. The second-order valence-electron chi connectivity index (χ2n) is 9.68. The van der Waals surface area contributed by atoms with Crippen molar-refractivity contribution in [2.75, 3.05) is 0 Å². The van der Waals surface area contributed by atoms with Crippen molar-refractivity contribution in [3.63, 3.8) is 0 Å². The van der Waals surface area contributed by atoms with Gasteiger partial charge >= 0.3 is 5.97 Å². The SMILES string of the molecule is C[C@]12CC[C@@H]3[C@@H]4CCC(=O)C[C@@H]4CC[C@@H]3[C@H]1CC[C@@]21CCC(=O)O1. The quantitative estimate of drug-likeness (QED) is 0.623. The Morgan fingerprint density at radius 2 is 1.75 bits per heavy atom. The summed E-state index contributed by atoms with van der Waals surface area (Å²) in [5, 5.41) is 0. The molecule has 0 aromatic heterocycles. The molecule has 0 unspecified atom stereocenters. The first-order valence-corrected chi connectivity index (χ1v) is 10.3. The van der Waals surface area contributed by atoms with E-state index in [2.05, 4.69) is 6.92 Å². The molecule has 3 heteroatoms. The number of hydrogen-bond acceptors (Lipinski definition) is 3. The Morgan fingerprint density at radius 1 is 0.875 bits per heavy atom. The van der Waals surface area contributed by atoms with Crippen LogP contribution in [-0.2, 0) is 14.3 Å². The molecule has 0 N–H and O–H groups in total. The van der Waals surface area contributed by atoms with Gasteiger partial charge in [0.25, 0.3) is 0 Å². The van der Waals surface area contributed by atoms with Gasteiger partial charge in [-0.2, -0.15) is 0 Å². The third kappa shape index (κ3) is 1.90. The van der Waals surface area contributed by atoms with Gasteiger partial charge < -0.3 is 4.74 Å². The summed E-state index contributed by atoms with van der Waals surface area (Å²) in [7, 11) is 0. The van der Waals surface area contributed by atoms with E-state index in [-0.39, 0.29) is 17.0 Å². The van der Waals surface area contributed by atoms with E-state index in [0.29, 0.717) is 18.1 Å². The Labute approximate surface area is 144 Å². The molecule has 0 amide bonds. The molecule has 0 aromatic rings. The summed E-state index contributed by atoms with van der Waals surface area (Å²) in [6.45, 7) is 2.44. The largest absolute Gasteiger partial charge is 0.458 e. The van der Waals surface area contributed by atoms with Crippen molar-refractivity contribution in [3.05, 3.63) is 0 Å². The van der Waals surface area contributed by atoms with Crippen LogP contribution >= 0.6 is 0 Å². The van der Waals surface area contributed by atoms with Gasteiger partial charge in [0.15, 0.2) is 0 Å². The summed E-state index contributed by atoms with van der Waals surface area (Å²) in [5.41, 5.74) is 0.0662. The highest BCUT2D eigenvalue weighted by atomic mass is 16.6. The first-order chi connectivity index (χ1) is 11.5. The van der Waals surface area contributed by atoms with E-state index in [1.54, 1.807) is 0 Å². The molecule has 1 saturated heterocycles. The molecule has 1 aliphatic heterocycles. The fourth-order valence-corrected chi connectivity index (χ4v) is 7.95. The fourth-order valence-electron chi connectivity index (χ4n) is 7.95. The zero-order valence-corrected chi connectivity index (χ0v) is 14.9. The fraction of sp³-hybridized carbons (Fsp3) is 0.905. The lowest BCUT2D eigenvalue weighted by Gasteiger charge is -2.56. The summed E-state index contributed by atoms with van der Waals surface area (Å²) >= 11 is 0. The minimum atomic E-state index is -0.140. The van der Waals surface area contributed by atoms with Gasteiger partial charge in [0, 0.05) is 24.7 Å². The predicted octanol–water partition coefficient (Wildman–Crippen LogP) is 4.28. The highest BCUT2D eigenvalue weighted by Gasteiger charge is 2.66. The predicted molar refractivity (Wildman–Crippen MR) is 90.2 cm³/mol. The lowest BCUT2D eigenvalue weighted by Crippen LogP contribution is -2.53. The smallest absolute Gasteiger partial charge is 0.306 e. The van der Waals surface area contributed by atoms with Crippen LogP contribution in [0.3, 0.4) is 0 Å². The van der Waals surface area contributed by atoms with Crippen molar-refractivity contribution in [3.8, 4) is 0 Å².